The van der Waals surface area contributed by atoms with Crippen LogP contribution in [-0.2, 0) is 9.53 Å². The monoisotopic (exact) mass is 553 g/mol. The zero-order valence-electron chi connectivity index (χ0n) is 21.1. The van der Waals surface area contributed by atoms with Crippen LogP contribution in [0.25, 0.3) is 22.6 Å². The molecule has 1 heterocycles. The van der Waals surface area contributed by atoms with Crippen molar-refractivity contribution in [3.63, 3.8) is 0 Å². The van der Waals surface area contributed by atoms with Gasteiger partial charge in [0.15, 0.2) is 5.76 Å². The van der Waals surface area contributed by atoms with E-state index in [9.17, 15) is 4.79 Å². The highest BCUT2D eigenvalue weighted by Gasteiger charge is 2.09. The van der Waals surface area contributed by atoms with Gasteiger partial charge in [-0.05, 0) is 56.2 Å². The molecule has 0 saturated carbocycles. The maximum Gasteiger partial charge on any atom is 0.333 e. The van der Waals surface area contributed by atoms with Gasteiger partial charge in [0.2, 0.25) is 0 Å². The predicted octanol–water partition coefficient (Wildman–Crippen LogP) is 8.78. The van der Waals surface area contributed by atoms with Crippen LogP contribution in [-0.4, -0.2) is 24.3 Å². The Balaban J connectivity index is 1.22. The zero-order valence-corrected chi connectivity index (χ0v) is 22.7. The third kappa shape index (κ3) is 9.65. The summed E-state index contributed by atoms with van der Waals surface area (Å²) in [6, 6.07) is 17.9. The van der Waals surface area contributed by atoms with Gasteiger partial charge in [-0.15, -0.1) is 0 Å². The molecule has 0 saturated heterocycles. The summed E-state index contributed by atoms with van der Waals surface area (Å²) < 4.78 is 17.6. The highest BCUT2D eigenvalue weighted by atomic mass is 79.9. The van der Waals surface area contributed by atoms with Crippen LogP contribution in [0, 0.1) is 0 Å². The van der Waals surface area contributed by atoms with Crippen molar-refractivity contribution in [3.8, 4) is 28.3 Å². The third-order valence-electron chi connectivity index (χ3n) is 5.93. The lowest BCUT2D eigenvalue weighted by molar-refractivity contribution is -0.139. The Labute approximate surface area is 223 Å². The van der Waals surface area contributed by atoms with Gasteiger partial charge in [0, 0.05) is 27.2 Å². The lowest BCUT2D eigenvalue weighted by Crippen LogP contribution is -2.05. The van der Waals surface area contributed by atoms with E-state index in [2.05, 4.69) is 27.7 Å². The lowest BCUT2D eigenvalue weighted by atomic mass is 10.1. The molecule has 0 aliphatic rings. The third-order valence-corrected chi connectivity index (χ3v) is 6.46. The fourth-order valence-corrected chi connectivity index (χ4v) is 4.07. The molecule has 6 heteroatoms. The van der Waals surface area contributed by atoms with Crippen molar-refractivity contribution in [3.05, 3.63) is 71.2 Å². The van der Waals surface area contributed by atoms with Crippen LogP contribution in [0.3, 0.4) is 0 Å². The topological polar surface area (TPSA) is 61.6 Å². The minimum Gasteiger partial charge on any atom is -0.494 e. The van der Waals surface area contributed by atoms with Crippen LogP contribution in [0.1, 0.15) is 64.7 Å². The number of esters is 1. The van der Waals surface area contributed by atoms with Gasteiger partial charge in [0.1, 0.15) is 11.4 Å². The number of hydrogen-bond donors (Lipinski definition) is 0. The van der Waals surface area contributed by atoms with Crippen LogP contribution in [0.4, 0.5) is 0 Å². The van der Waals surface area contributed by atoms with Crippen LogP contribution in [0.2, 0.25) is 0 Å². The molecule has 2 aromatic carbocycles. The first-order chi connectivity index (χ1) is 17.5. The fourth-order valence-electron chi connectivity index (χ4n) is 3.80. The molecule has 0 unspecified atom stereocenters. The van der Waals surface area contributed by atoms with Crippen LogP contribution in [0.5, 0.6) is 5.75 Å². The number of hydrogen-bond acceptors (Lipinski definition) is 5. The molecule has 0 radical (unpaired) electrons. The summed E-state index contributed by atoms with van der Waals surface area (Å²) in [6.45, 7) is 6.49. The van der Waals surface area contributed by atoms with E-state index in [1.807, 2.05) is 54.6 Å². The van der Waals surface area contributed by atoms with Crippen molar-refractivity contribution in [2.24, 2.45) is 0 Å². The quantitative estimate of drug-likeness (QED) is 0.101. The van der Waals surface area contributed by atoms with Gasteiger partial charge >= 0.3 is 5.97 Å². The molecule has 0 N–H and O–H groups in total. The number of carbonyl (C=O) groups is 1. The summed E-state index contributed by atoms with van der Waals surface area (Å²) in [6.07, 6.45) is 10.5. The molecule has 0 amide bonds. The molecule has 0 bridgehead atoms. The van der Waals surface area contributed by atoms with Gasteiger partial charge in [0.25, 0.3) is 0 Å². The van der Waals surface area contributed by atoms with Crippen molar-refractivity contribution in [1.29, 1.82) is 0 Å². The Bertz CT molecular complexity index is 1070. The number of benzene rings is 2. The lowest BCUT2D eigenvalue weighted by Gasteiger charge is -2.07. The molecule has 0 atom stereocenters. The molecule has 0 spiro atoms. The van der Waals surface area contributed by atoms with E-state index in [0.29, 0.717) is 12.2 Å². The standard InChI is InChI=1S/C30H36BrNO4/c1-23(2)30(33)35-21-11-9-7-5-3-4-6-8-10-20-34-27-18-14-25(15-19-27)29-22-28(32-36-29)24-12-16-26(31)17-13-24/h12-19,22H,1,3-11,20-21H2,2H3. The molecule has 3 aromatic rings. The second-order valence-electron chi connectivity index (χ2n) is 9.05. The summed E-state index contributed by atoms with van der Waals surface area (Å²) in [5.74, 6) is 1.33. The zero-order chi connectivity index (χ0) is 25.6. The van der Waals surface area contributed by atoms with Crippen molar-refractivity contribution in [1.82, 2.24) is 5.16 Å². The normalized spacial score (nSPS) is 10.8. The van der Waals surface area contributed by atoms with E-state index >= 15 is 0 Å². The summed E-state index contributed by atoms with van der Waals surface area (Å²) in [7, 11) is 0. The highest BCUT2D eigenvalue weighted by Crippen LogP contribution is 2.28. The van der Waals surface area contributed by atoms with Crippen molar-refractivity contribution in [2.75, 3.05) is 13.2 Å². The Kier molecular flexibility index (Phi) is 11.8. The minimum atomic E-state index is -0.283. The minimum absolute atomic E-state index is 0.283. The van der Waals surface area contributed by atoms with E-state index in [1.165, 1.54) is 38.5 Å². The van der Waals surface area contributed by atoms with Gasteiger partial charge in [-0.1, -0.05) is 84.7 Å². The van der Waals surface area contributed by atoms with Crippen molar-refractivity contribution >= 4 is 21.9 Å². The number of unbranched alkanes of at least 4 members (excludes halogenated alkanes) is 8. The van der Waals surface area contributed by atoms with Gasteiger partial charge in [-0.2, -0.15) is 0 Å². The van der Waals surface area contributed by atoms with E-state index in [4.69, 9.17) is 14.0 Å². The van der Waals surface area contributed by atoms with Crippen molar-refractivity contribution < 1.29 is 18.8 Å². The average Bonchev–Trinajstić information content (AvgIpc) is 3.37. The van der Waals surface area contributed by atoms with E-state index in [-0.39, 0.29) is 5.97 Å². The van der Waals surface area contributed by atoms with E-state index in [1.54, 1.807) is 6.92 Å². The van der Waals surface area contributed by atoms with E-state index < -0.39 is 0 Å². The van der Waals surface area contributed by atoms with Gasteiger partial charge in [0.05, 0.1) is 13.2 Å². The second-order valence-corrected chi connectivity index (χ2v) is 9.97. The Morgan fingerprint density at radius 3 is 2.00 bits per heavy atom. The molecule has 0 aliphatic heterocycles. The summed E-state index contributed by atoms with van der Waals surface area (Å²) >= 11 is 3.45. The molecule has 0 aliphatic carbocycles. The summed E-state index contributed by atoms with van der Waals surface area (Å²) in [5, 5.41) is 4.20. The number of aromatic nitrogens is 1. The second kappa shape index (κ2) is 15.3. The Morgan fingerprint density at radius 2 is 1.39 bits per heavy atom. The summed E-state index contributed by atoms with van der Waals surface area (Å²) in [4.78, 5) is 11.3. The van der Waals surface area contributed by atoms with Gasteiger partial charge in [-0.3, -0.25) is 0 Å². The first kappa shape index (κ1) is 27.7. The van der Waals surface area contributed by atoms with Crippen LogP contribution in [0.15, 0.2) is 75.7 Å². The van der Waals surface area contributed by atoms with Crippen LogP contribution >= 0.6 is 15.9 Å². The molecular formula is C30H36BrNO4. The maximum atomic E-state index is 11.3. The Hall–Kier alpha value is -2.86. The summed E-state index contributed by atoms with van der Waals surface area (Å²) in [5.41, 5.74) is 3.28. The molecule has 1 aromatic heterocycles. The van der Waals surface area contributed by atoms with Gasteiger partial charge in [-0.25, -0.2) is 4.79 Å². The molecule has 36 heavy (non-hydrogen) atoms. The van der Waals surface area contributed by atoms with E-state index in [0.717, 1.165) is 58.7 Å². The largest absolute Gasteiger partial charge is 0.494 e. The molecular weight excluding hydrogens is 518 g/mol. The van der Waals surface area contributed by atoms with Gasteiger partial charge < -0.3 is 14.0 Å². The fraction of sp³-hybridized carbons (Fsp3) is 0.400. The first-order valence-electron chi connectivity index (χ1n) is 12.8. The number of halogens is 1. The highest BCUT2D eigenvalue weighted by molar-refractivity contribution is 9.10. The SMILES string of the molecule is C=C(C)C(=O)OCCCCCCCCCCCOc1ccc(-c2cc(-c3ccc(Br)cc3)no2)cc1. The Morgan fingerprint density at radius 1 is 0.833 bits per heavy atom. The van der Waals surface area contributed by atoms with Crippen molar-refractivity contribution in [2.45, 2.75) is 64.7 Å². The number of carbonyl (C=O) groups excluding carboxylic acids is 1. The maximum absolute atomic E-state index is 11.3. The molecule has 5 nitrogen and oxygen atoms in total. The predicted molar refractivity (Wildman–Crippen MR) is 148 cm³/mol. The smallest absolute Gasteiger partial charge is 0.333 e. The van der Waals surface area contributed by atoms with Crippen LogP contribution < -0.4 is 4.74 Å². The first-order valence-corrected chi connectivity index (χ1v) is 13.6. The average molecular weight is 555 g/mol. The number of ether oxygens (including phenoxy) is 2. The molecule has 192 valence electrons. The molecule has 0 fully saturated rings. The number of nitrogens with zero attached hydrogens (tertiary/aromatic N) is 1. The number of rotatable bonds is 16. The molecule has 3 rings (SSSR count).